The lowest BCUT2D eigenvalue weighted by molar-refractivity contribution is -0.198. The fourth-order valence-corrected chi connectivity index (χ4v) is 5.27. The Morgan fingerprint density at radius 2 is 1.67 bits per heavy atom. The van der Waals surface area contributed by atoms with Crippen LogP contribution in [-0.4, -0.2) is 46.2 Å². The van der Waals surface area contributed by atoms with E-state index in [1.54, 1.807) is 0 Å². The normalized spacial score (nSPS) is 23.9. The Hall–Kier alpha value is -2.31. The van der Waals surface area contributed by atoms with Crippen LogP contribution in [0.15, 0.2) is 36.4 Å². The lowest BCUT2D eigenvalue weighted by atomic mass is 9.72. The molecule has 1 saturated carbocycles. The van der Waals surface area contributed by atoms with Gasteiger partial charge in [0.1, 0.15) is 5.75 Å². The number of carbonyl (C=O) groups is 1. The van der Waals surface area contributed by atoms with Crippen LogP contribution in [0.3, 0.4) is 0 Å². The molecule has 4 rings (SSSR count). The summed E-state index contributed by atoms with van der Waals surface area (Å²) < 4.78 is 11.0. The molecule has 2 aromatic rings. The lowest BCUT2D eigenvalue weighted by Crippen LogP contribution is -2.46. The van der Waals surface area contributed by atoms with Crippen molar-refractivity contribution in [1.82, 2.24) is 4.90 Å². The maximum Gasteiger partial charge on any atom is 0.508 e. The van der Waals surface area contributed by atoms with Crippen LogP contribution < -0.4 is 4.74 Å². The van der Waals surface area contributed by atoms with Gasteiger partial charge < -0.3 is 19.7 Å². The first-order chi connectivity index (χ1) is 15.6. The molecule has 180 valence electrons. The van der Waals surface area contributed by atoms with Crippen LogP contribution >= 0.6 is 0 Å². The molecule has 2 aliphatic rings. The fraction of sp³-hybridized carbons (Fsp3) is 0.593. The number of carboxylic acid groups (broad SMARTS) is 1. The van der Waals surface area contributed by atoms with Gasteiger partial charge in [-0.05, 0) is 71.6 Å². The van der Waals surface area contributed by atoms with Gasteiger partial charge >= 0.3 is 6.16 Å². The first kappa shape index (κ1) is 23.8. The molecule has 2 N–H and O–H groups in total. The lowest BCUT2D eigenvalue weighted by Gasteiger charge is -2.37. The van der Waals surface area contributed by atoms with Gasteiger partial charge in [0.2, 0.25) is 5.79 Å². The second kappa shape index (κ2) is 9.51. The van der Waals surface area contributed by atoms with Crippen molar-refractivity contribution in [3.8, 4) is 5.75 Å². The molecule has 0 unspecified atom stereocenters. The quantitative estimate of drug-likeness (QED) is 0.438. The Bertz CT molecular complexity index is 966. The van der Waals surface area contributed by atoms with Crippen molar-refractivity contribution in [2.45, 2.75) is 77.7 Å². The van der Waals surface area contributed by atoms with E-state index in [1.807, 2.05) is 0 Å². The van der Waals surface area contributed by atoms with E-state index in [0.717, 1.165) is 31.1 Å². The first-order valence-electron chi connectivity index (χ1n) is 12.2. The summed E-state index contributed by atoms with van der Waals surface area (Å²) in [5.74, 6) is 0.169. The molecule has 33 heavy (non-hydrogen) atoms. The van der Waals surface area contributed by atoms with Gasteiger partial charge in [0, 0.05) is 32.5 Å². The maximum atomic E-state index is 10.7. The SMILES string of the molecule is CC(C)(C)C1CCC(Oc2ccc3cc(CN4CCC(O)(OC(=O)O)CC4)ccc3c2)CC1. The minimum Gasteiger partial charge on any atom is -0.490 e. The van der Waals surface area contributed by atoms with Gasteiger partial charge in [-0.1, -0.05) is 39.0 Å². The van der Waals surface area contributed by atoms with Crippen LogP contribution in [0, 0.1) is 11.3 Å². The molecule has 0 bridgehead atoms. The molecule has 1 saturated heterocycles. The van der Waals surface area contributed by atoms with Gasteiger partial charge in [0.25, 0.3) is 0 Å². The number of nitrogens with zero attached hydrogens (tertiary/aromatic N) is 1. The number of likely N-dealkylation sites (tertiary alicyclic amines) is 1. The number of aliphatic hydroxyl groups is 1. The number of rotatable bonds is 5. The minimum atomic E-state index is -1.56. The third kappa shape index (κ3) is 6.18. The molecular weight excluding hydrogens is 418 g/mol. The van der Waals surface area contributed by atoms with E-state index < -0.39 is 11.9 Å². The molecule has 2 fully saturated rings. The highest BCUT2D eigenvalue weighted by Gasteiger charge is 2.36. The summed E-state index contributed by atoms with van der Waals surface area (Å²) in [6.45, 7) is 8.96. The van der Waals surface area contributed by atoms with Gasteiger partial charge in [0.05, 0.1) is 6.10 Å². The van der Waals surface area contributed by atoms with Crippen molar-refractivity contribution in [3.63, 3.8) is 0 Å². The molecule has 0 atom stereocenters. The molecule has 2 aromatic carbocycles. The molecule has 0 amide bonds. The van der Waals surface area contributed by atoms with Crippen LogP contribution in [0.25, 0.3) is 10.8 Å². The van der Waals surface area contributed by atoms with Crippen molar-refractivity contribution < 1.29 is 24.5 Å². The van der Waals surface area contributed by atoms with E-state index in [0.29, 0.717) is 24.6 Å². The zero-order chi connectivity index (χ0) is 23.6. The molecule has 1 heterocycles. The molecule has 0 aromatic heterocycles. The second-order valence-electron chi connectivity index (χ2n) is 10.9. The smallest absolute Gasteiger partial charge is 0.490 e. The maximum absolute atomic E-state index is 10.7. The Morgan fingerprint density at radius 1 is 1.03 bits per heavy atom. The van der Waals surface area contributed by atoms with Gasteiger partial charge in [-0.15, -0.1) is 0 Å². The Morgan fingerprint density at radius 3 is 2.30 bits per heavy atom. The van der Waals surface area contributed by atoms with Crippen molar-refractivity contribution in [1.29, 1.82) is 0 Å². The number of benzene rings is 2. The Labute approximate surface area is 196 Å². The average Bonchev–Trinajstić information content (AvgIpc) is 2.75. The third-order valence-electron chi connectivity index (χ3n) is 7.40. The van der Waals surface area contributed by atoms with Crippen LogP contribution in [0.5, 0.6) is 5.75 Å². The summed E-state index contributed by atoms with van der Waals surface area (Å²) in [6.07, 6.45) is 4.17. The van der Waals surface area contributed by atoms with Crippen molar-refractivity contribution in [2.75, 3.05) is 13.1 Å². The number of hydrogen-bond donors (Lipinski definition) is 2. The summed E-state index contributed by atoms with van der Waals surface area (Å²) in [5.41, 5.74) is 1.58. The van der Waals surface area contributed by atoms with Crippen molar-refractivity contribution >= 4 is 16.9 Å². The van der Waals surface area contributed by atoms with Crippen LogP contribution in [0.2, 0.25) is 0 Å². The predicted octanol–water partition coefficient (Wildman–Crippen LogP) is 5.80. The summed E-state index contributed by atoms with van der Waals surface area (Å²) in [5, 5.41) is 21.3. The topological polar surface area (TPSA) is 79.2 Å². The van der Waals surface area contributed by atoms with Crippen LogP contribution in [-0.2, 0) is 11.3 Å². The summed E-state index contributed by atoms with van der Waals surface area (Å²) in [4.78, 5) is 13.0. The van der Waals surface area contributed by atoms with Crippen molar-refractivity contribution in [2.24, 2.45) is 11.3 Å². The highest BCUT2D eigenvalue weighted by Crippen LogP contribution is 2.39. The zero-order valence-electron chi connectivity index (χ0n) is 20.0. The number of piperidine rings is 1. The first-order valence-corrected chi connectivity index (χ1v) is 12.2. The van der Waals surface area contributed by atoms with Crippen molar-refractivity contribution in [3.05, 3.63) is 42.0 Å². The minimum absolute atomic E-state index is 0.283. The monoisotopic (exact) mass is 455 g/mol. The number of hydrogen-bond acceptors (Lipinski definition) is 5. The average molecular weight is 456 g/mol. The van der Waals surface area contributed by atoms with E-state index in [2.05, 4.69) is 66.8 Å². The summed E-state index contributed by atoms with van der Waals surface area (Å²) >= 11 is 0. The van der Waals surface area contributed by atoms with E-state index in [4.69, 9.17) is 9.84 Å². The van der Waals surface area contributed by atoms with E-state index >= 15 is 0 Å². The van der Waals surface area contributed by atoms with Gasteiger partial charge in [-0.3, -0.25) is 4.90 Å². The fourth-order valence-electron chi connectivity index (χ4n) is 5.27. The molecule has 1 aliphatic carbocycles. The second-order valence-corrected chi connectivity index (χ2v) is 10.9. The van der Waals surface area contributed by atoms with Crippen LogP contribution in [0.1, 0.15) is 64.9 Å². The van der Waals surface area contributed by atoms with Gasteiger partial charge in [-0.2, -0.15) is 0 Å². The van der Waals surface area contributed by atoms with Gasteiger partial charge in [-0.25, -0.2) is 4.79 Å². The zero-order valence-corrected chi connectivity index (χ0v) is 20.0. The van der Waals surface area contributed by atoms with E-state index in [1.165, 1.54) is 29.2 Å². The third-order valence-corrected chi connectivity index (χ3v) is 7.40. The molecule has 6 heteroatoms. The molecule has 1 aliphatic heterocycles. The van der Waals surface area contributed by atoms with Crippen LogP contribution in [0.4, 0.5) is 4.79 Å². The highest BCUT2D eigenvalue weighted by atomic mass is 16.7. The Kier molecular flexibility index (Phi) is 6.87. The predicted molar refractivity (Wildman–Crippen MR) is 128 cm³/mol. The molecular formula is C27H37NO5. The largest absolute Gasteiger partial charge is 0.508 e. The van der Waals surface area contributed by atoms with E-state index in [-0.39, 0.29) is 12.8 Å². The van der Waals surface area contributed by atoms with E-state index in [9.17, 15) is 9.90 Å². The van der Waals surface area contributed by atoms with Gasteiger partial charge in [0.15, 0.2) is 0 Å². The number of ether oxygens (including phenoxy) is 2. The standard InChI is InChI=1S/C27H37NO5/c1-26(2,3)22-7-10-23(11-8-22)32-24-9-6-20-16-19(4-5-21(20)17-24)18-28-14-12-27(31,13-15-28)33-25(29)30/h4-6,9,16-17,22-23,31H,7-8,10-15,18H2,1-3H3,(H,29,30). The molecule has 0 spiro atoms. The molecule has 0 radical (unpaired) electrons. The summed E-state index contributed by atoms with van der Waals surface area (Å²) in [6, 6.07) is 12.8. The Balaban J connectivity index is 1.32. The molecule has 6 nitrogen and oxygen atoms in total. The highest BCUT2D eigenvalue weighted by molar-refractivity contribution is 5.84. The number of fused-ring (bicyclic) bond motifs is 1. The summed E-state index contributed by atoms with van der Waals surface area (Å²) in [7, 11) is 0.